The largest absolute Gasteiger partial charge is 0.497 e. The minimum Gasteiger partial charge on any atom is -0.497 e. The van der Waals surface area contributed by atoms with Crippen molar-refractivity contribution < 1.29 is 27.4 Å². The fraction of sp³-hybridized carbons (Fsp3) is 0.409. The number of hydrogen-bond donors (Lipinski definition) is 2. The van der Waals surface area contributed by atoms with Crippen molar-refractivity contribution >= 4 is 15.9 Å². The van der Waals surface area contributed by atoms with Crippen molar-refractivity contribution in [3.63, 3.8) is 0 Å². The SMILES string of the molecule is COc1ccc(CCNC(=O)c2ccc(OC)c(S(=O)(=O)NC(C)(C)C)c2)c(OC)c1. The van der Waals surface area contributed by atoms with Crippen LogP contribution in [0.15, 0.2) is 41.3 Å². The van der Waals surface area contributed by atoms with Crippen LogP contribution in [0.5, 0.6) is 17.2 Å². The number of hydrogen-bond acceptors (Lipinski definition) is 6. The average molecular weight is 451 g/mol. The minimum absolute atomic E-state index is 0.0885. The van der Waals surface area contributed by atoms with E-state index in [2.05, 4.69) is 10.0 Å². The molecule has 0 aliphatic carbocycles. The van der Waals surface area contributed by atoms with Gasteiger partial charge in [-0.15, -0.1) is 0 Å². The minimum atomic E-state index is -3.88. The van der Waals surface area contributed by atoms with Gasteiger partial charge in [-0.1, -0.05) is 6.07 Å². The molecule has 0 aliphatic heterocycles. The number of nitrogens with one attached hydrogen (secondary N) is 2. The zero-order valence-electron chi connectivity index (χ0n) is 18.7. The summed E-state index contributed by atoms with van der Waals surface area (Å²) in [5.74, 6) is 1.12. The van der Waals surface area contributed by atoms with Crippen molar-refractivity contribution in [2.75, 3.05) is 27.9 Å². The fourth-order valence-electron chi connectivity index (χ4n) is 2.96. The number of carbonyl (C=O) groups excluding carboxylic acids is 1. The molecule has 0 aromatic heterocycles. The Kier molecular flexibility index (Phi) is 7.91. The van der Waals surface area contributed by atoms with E-state index in [0.29, 0.717) is 24.5 Å². The van der Waals surface area contributed by atoms with Gasteiger partial charge in [0.15, 0.2) is 0 Å². The summed E-state index contributed by atoms with van der Waals surface area (Å²) in [6.45, 7) is 5.55. The Morgan fingerprint density at radius 3 is 2.19 bits per heavy atom. The third kappa shape index (κ3) is 6.60. The van der Waals surface area contributed by atoms with Gasteiger partial charge in [-0.3, -0.25) is 4.79 Å². The molecular formula is C22H30N2O6S. The Labute approximate surface area is 184 Å². The summed E-state index contributed by atoms with van der Waals surface area (Å²) in [5, 5.41) is 2.81. The topological polar surface area (TPSA) is 103 Å². The van der Waals surface area contributed by atoms with E-state index in [4.69, 9.17) is 14.2 Å². The van der Waals surface area contributed by atoms with Gasteiger partial charge in [-0.05, 0) is 57.0 Å². The molecule has 0 heterocycles. The maximum absolute atomic E-state index is 12.8. The highest BCUT2D eigenvalue weighted by Crippen LogP contribution is 2.27. The van der Waals surface area contributed by atoms with Crippen molar-refractivity contribution in [2.45, 2.75) is 37.6 Å². The molecule has 9 heteroatoms. The van der Waals surface area contributed by atoms with E-state index in [-0.39, 0.29) is 22.1 Å². The summed E-state index contributed by atoms with van der Waals surface area (Å²) in [7, 11) is 0.653. The van der Waals surface area contributed by atoms with Crippen LogP contribution in [0.2, 0.25) is 0 Å². The fourth-order valence-corrected chi connectivity index (χ4v) is 4.57. The van der Waals surface area contributed by atoms with Crippen molar-refractivity contribution in [2.24, 2.45) is 0 Å². The standard InChI is InChI=1S/C22H30N2O6S/c1-22(2,3)24-31(26,27)20-13-16(8-10-18(20)29-5)21(25)23-12-11-15-7-9-17(28-4)14-19(15)30-6/h7-10,13-14,24H,11-12H2,1-6H3,(H,23,25). The summed E-state index contributed by atoms with van der Waals surface area (Å²) in [6, 6.07) is 9.79. The lowest BCUT2D eigenvalue weighted by Gasteiger charge is -2.21. The smallest absolute Gasteiger partial charge is 0.251 e. The molecule has 2 N–H and O–H groups in total. The van der Waals surface area contributed by atoms with Crippen molar-refractivity contribution in [1.82, 2.24) is 10.0 Å². The number of ether oxygens (including phenoxy) is 3. The first-order valence-corrected chi connectivity index (χ1v) is 11.2. The highest BCUT2D eigenvalue weighted by Gasteiger charge is 2.26. The van der Waals surface area contributed by atoms with Crippen LogP contribution < -0.4 is 24.2 Å². The van der Waals surface area contributed by atoms with Crippen molar-refractivity contribution in [3.8, 4) is 17.2 Å². The molecule has 2 aromatic rings. The summed E-state index contributed by atoms with van der Waals surface area (Å²) in [6.07, 6.45) is 0.534. The summed E-state index contributed by atoms with van der Waals surface area (Å²) in [5.41, 5.74) is 0.451. The molecule has 0 spiro atoms. The predicted molar refractivity (Wildman–Crippen MR) is 119 cm³/mol. The quantitative estimate of drug-likeness (QED) is 0.609. The molecule has 0 saturated carbocycles. The summed E-state index contributed by atoms with van der Waals surface area (Å²) in [4.78, 5) is 12.5. The Bertz CT molecular complexity index is 1030. The Morgan fingerprint density at radius 1 is 0.935 bits per heavy atom. The third-order valence-electron chi connectivity index (χ3n) is 4.33. The zero-order valence-corrected chi connectivity index (χ0v) is 19.6. The Hall–Kier alpha value is -2.78. The van der Waals surface area contributed by atoms with Crippen LogP contribution in [0.4, 0.5) is 0 Å². The molecule has 31 heavy (non-hydrogen) atoms. The van der Waals surface area contributed by atoms with Crippen LogP contribution in [0, 0.1) is 0 Å². The van der Waals surface area contributed by atoms with Gasteiger partial charge in [0.25, 0.3) is 5.91 Å². The van der Waals surface area contributed by atoms with E-state index < -0.39 is 15.6 Å². The van der Waals surface area contributed by atoms with E-state index in [1.54, 1.807) is 41.1 Å². The maximum atomic E-state index is 12.8. The monoisotopic (exact) mass is 450 g/mol. The highest BCUT2D eigenvalue weighted by molar-refractivity contribution is 7.89. The van der Waals surface area contributed by atoms with Crippen LogP contribution in [-0.2, 0) is 16.4 Å². The first-order valence-electron chi connectivity index (χ1n) is 9.72. The predicted octanol–water partition coefficient (Wildman–Crippen LogP) is 2.76. The van der Waals surface area contributed by atoms with E-state index in [1.807, 2.05) is 12.1 Å². The van der Waals surface area contributed by atoms with Crippen molar-refractivity contribution in [1.29, 1.82) is 0 Å². The van der Waals surface area contributed by atoms with Gasteiger partial charge in [0.05, 0.1) is 21.3 Å². The molecule has 0 atom stereocenters. The molecule has 170 valence electrons. The molecule has 0 fully saturated rings. The number of benzene rings is 2. The lowest BCUT2D eigenvalue weighted by molar-refractivity contribution is 0.0953. The second-order valence-electron chi connectivity index (χ2n) is 7.90. The number of sulfonamides is 1. The van der Waals surface area contributed by atoms with Gasteiger partial charge < -0.3 is 19.5 Å². The summed E-state index contributed by atoms with van der Waals surface area (Å²) < 4.78 is 43.9. The zero-order chi connectivity index (χ0) is 23.2. The van der Waals surface area contributed by atoms with Crippen LogP contribution in [0.1, 0.15) is 36.7 Å². The molecular weight excluding hydrogens is 420 g/mol. The number of rotatable bonds is 9. The van der Waals surface area contributed by atoms with E-state index >= 15 is 0 Å². The van der Waals surface area contributed by atoms with Crippen LogP contribution >= 0.6 is 0 Å². The first-order chi connectivity index (χ1) is 14.5. The molecule has 8 nitrogen and oxygen atoms in total. The van der Waals surface area contributed by atoms with Gasteiger partial charge in [0.1, 0.15) is 22.1 Å². The van der Waals surface area contributed by atoms with Gasteiger partial charge in [0, 0.05) is 23.7 Å². The molecule has 0 unspecified atom stereocenters. The lowest BCUT2D eigenvalue weighted by atomic mass is 10.1. The van der Waals surface area contributed by atoms with E-state index in [0.717, 1.165) is 5.56 Å². The average Bonchev–Trinajstić information content (AvgIpc) is 2.71. The van der Waals surface area contributed by atoms with Crippen LogP contribution in [0.3, 0.4) is 0 Å². The first kappa shape index (κ1) is 24.5. The molecule has 0 saturated heterocycles. The number of carbonyl (C=O) groups is 1. The Morgan fingerprint density at radius 2 is 1.61 bits per heavy atom. The molecule has 0 bridgehead atoms. The van der Waals surface area contributed by atoms with E-state index in [9.17, 15) is 13.2 Å². The lowest BCUT2D eigenvalue weighted by Crippen LogP contribution is -2.40. The number of methoxy groups -OCH3 is 3. The highest BCUT2D eigenvalue weighted by atomic mass is 32.2. The van der Waals surface area contributed by atoms with Crippen LogP contribution in [0.25, 0.3) is 0 Å². The molecule has 0 radical (unpaired) electrons. The molecule has 2 rings (SSSR count). The van der Waals surface area contributed by atoms with E-state index in [1.165, 1.54) is 25.3 Å². The van der Waals surface area contributed by atoms with Crippen LogP contribution in [-0.4, -0.2) is 47.7 Å². The second-order valence-corrected chi connectivity index (χ2v) is 9.56. The second kappa shape index (κ2) is 10.0. The van der Waals surface area contributed by atoms with Gasteiger partial charge in [-0.25, -0.2) is 13.1 Å². The van der Waals surface area contributed by atoms with Gasteiger partial charge >= 0.3 is 0 Å². The van der Waals surface area contributed by atoms with Gasteiger partial charge in [0.2, 0.25) is 10.0 Å². The maximum Gasteiger partial charge on any atom is 0.251 e. The summed E-state index contributed by atoms with van der Waals surface area (Å²) >= 11 is 0. The molecule has 0 aliphatic rings. The normalized spacial score (nSPS) is 11.7. The third-order valence-corrected chi connectivity index (χ3v) is 6.11. The number of amides is 1. The molecule has 2 aromatic carbocycles. The van der Waals surface area contributed by atoms with Gasteiger partial charge in [-0.2, -0.15) is 0 Å². The van der Waals surface area contributed by atoms with Crippen molar-refractivity contribution in [3.05, 3.63) is 47.5 Å². The molecule has 1 amide bonds. The Balaban J connectivity index is 2.16.